The van der Waals surface area contributed by atoms with E-state index in [0.717, 1.165) is 70.3 Å². The lowest BCUT2D eigenvalue weighted by molar-refractivity contribution is -0.189. The van der Waals surface area contributed by atoms with E-state index in [0.29, 0.717) is 6.04 Å². The number of aryl methyl sites for hydroxylation is 1. The van der Waals surface area contributed by atoms with Gasteiger partial charge in [-0.2, -0.15) is 0 Å². The molecule has 3 aliphatic rings. The van der Waals surface area contributed by atoms with Crippen LogP contribution in [-0.4, -0.2) is 128 Å². The molecule has 5 aromatic rings. The number of amides is 6. The number of anilines is 1. The van der Waals surface area contributed by atoms with Crippen LogP contribution in [0.25, 0.3) is 22.0 Å². The van der Waals surface area contributed by atoms with Crippen LogP contribution in [0.2, 0.25) is 0 Å². The highest BCUT2D eigenvalue weighted by Gasteiger charge is 2.51. The molecule has 4 heterocycles. The van der Waals surface area contributed by atoms with Gasteiger partial charge in [-0.3, -0.25) is 9.59 Å². The first-order chi connectivity index (χ1) is 30.0. The number of aromatic hydroxyl groups is 1. The van der Waals surface area contributed by atoms with Crippen molar-refractivity contribution in [3.05, 3.63) is 133 Å². The number of carbonyl (C=O) groups is 4. The topological polar surface area (TPSA) is 137 Å². The quantitative estimate of drug-likeness (QED) is 0.142. The van der Waals surface area contributed by atoms with Gasteiger partial charge in [0.2, 0.25) is 11.8 Å². The Labute approximate surface area is 362 Å². The highest BCUT2D eigenvalue weighted by Crippen LogP contribution is 2.35. The van der Waals surface area contributed by atoms with Crippen LogP contribution in [0.1, 0.15) is 29.5 Å². The number of nitrogens with zero attached hydrogens (tertiary/aromatic N) is 7. The van der Waals surface area contributed by atoms with Crippen LogP contribution in [-0.2, 0) is 36.1 Å². The molecule has 14 nitrogen and oxygen atoms in total. The van der Waals surface area contributed by atoms with E-state index in [4.69, 9.17) is 0 Å². The minimum absolute atomic E-state index is 0.0809. The van der Waals surface area contributed by atoms with E-state index in [1.807, 2.05) is 78.7 Å². The summed E-state index contributed by atoms with van der Waals surface area (Å²) in [4.78, 5) is 63.7. The molecule has 14 heteroatoms. The number of para-hydroxylation sites is 1. The van der Waals surface area contributed by atoms with Gasteiger partial charge in [-0.1, -0.05) is 78.9 Å². The number of phenolic OH excluding ortho intramolecular Hbond substituents is 1. The van der Waals surface area contributed by atoms with Crippen LogP contribution in [0.15, 0.2) is 116 Å². The number of carbonyl (C=O) groups excluding carboxylic acids is 4. The van der Waals surface area contributed by atoms with Crippen molar-refractivity contribution < 1.29 is 24.3 Å². The normalized spacial score (nSPS) is 18.6. The second-order valence-electron chi connectivity index (χ2n) is 16.7. The number of benzene rings is 4. The molecule has 0 spiro atoms. The van der Waals surface area contributed by atoms with Gasteiger partial charge in [-0.15, -0.1) is 6.58 Å². The van der Waals surface area contributed by atoms with E-state index in [-0.39, 0.29) is 68.8 Å². The summed E-state index contributed by atoms with van der Waals surface area (Å²) >= 11 is 0. The molecular formula is C48H55N9O5. The smallest absolute Gasteiger partial charge is 0.334 e. The van der Waals surface area contributed by atoms with Crippen molar-refractivity contribution in [2.45, 2.75) is 50.6 Å². The number of piperazine rings is 1. The van der Waals surface area contributed by atoms with Gasteiger partial charge in [-0.25, -0.2) is 19.6 Å². The third kappa shape index (κ3) is 8.74. The second-order valence-corrected chi connectivity index (χ2v) is 16.7. The first-order valence-corrected chi connectivity index (χ1v) is 21.2. The Kier molecular flexibility index (Phi) is 12.3. The molecule has 0 aliphatic carbocycles. The summed E-state index contributed by atoms with van der Waals surface area (Å²) in [6, 6.07) is 29.3. The number of hydrazine groups is 1. The molecule has 322 valence electrons. The van der Waals surface area contributed by atoms with Gasteiger partial charge in [0, 0.05) is 75.1 Å². The van der Waals surface area contributed by atoms with Crippen LogP contribution in [0.5, 0.6) is 5.75 Å². The van der Waals surface area contributed by atoms with Crippen LogP contribution < -0.4 is 10.6 Å². The summed E-state index contributed by atoms with van der Waals surface area (Å²) in [5, 5.41) is 20.4. The molecule has 3 aliphatic heterocycles. The van der Waals surface area contributed by atoms with Crippen molar-refractivity contribution in [1.82, 2.24) is 39.5 Å². The zero-order chi connectivity index (χ0) is 43.5. The summed E-state index contributed by atoms with van der Waals surface area (Å²) < 4.78 is 2.07. The van der Waals surface area contributed by atoms with Gasteiger partial charge in [0.15, 0.2) is 0 Å². The van der Waals surface area contributed by atoms with E-state index >= 15 is 0 Å². The third-order valence-corrected chi connectivity index (χ3v) is 12.4. The van der Waals surface area contributed by atoms with E-state index in [2.05, 4.69) is 53.0 Å². The maximum absolute atomic E-state index is 14.8. The van der Waals surface area contributed by atoms with Crippen LogP contribution in [0.3, 0.4) is 0 Å². The van der Waals surface area contributed by atoms with Gasteiger partial charge in [0.1, 0.15) is 18.0 Å². The standard InChI is InChI=1S/C48H55N9O5/c1-5-24-55-32-44(59)56-42(27-33-14-20-39(58)21-15-33)46(60)54(31-43(56)57(55)47(61)49-28-34-10-7-6-8-11-34)29-36-12-9-13-40-41(30-52(4)45(36)40)35-16-18-37(19-17-35)50-48(62)53-25-22-38(23-26-53)51(2)3/h5-21,30,38,42-43,58H,1,22-29,31-32H2,2-4H3,(H,49,61)(H,50,62)/t42-,43-/m0/s1. The van der Waals surface area contributed by atoms with E-state index in [9.17, 15) is 24.3 Å². The molecule has 3 N–H and O–H groups in total. The first-order valence-electron chi connectivity index (χ1n) is 21.2. The van der Waals surface area contributed by atoms with E-state index in [1.54, 1.807) is 50.2 Å². The molecule has 62 heavy (non-hydrogen) atoms. The lowest BCUT2D eigenvalue weighted by Gasteiger charge is -2.55. The molecule has 4 aromatic carbocycles. The molecule has 3 saturated heterocycles. The van der Waals surface area contributed by atoms with Crippen LogP contribution in [0, 0.1) is 0 Å². The average Bonchev–Trinajstić information content (AvgIpc) is 3.62. The Hall–Kier alpha value is -6.64. The number of hydrogen-bond acceptors (Lipinski definition) is 7. The summed E-state index contributed by atoms with van der Waals surface area (Å²) in [6.07, 6.45) is 5.03. The van der Waals surface area contributed by atoms with Crippen molar-refractivity contribution in [2.75, 3.05) is 52.1 Å². The predicted molar refractivity (Wildman–Crippen MR) is 240 cm³/mol. The molecule has 0 radical (unpaired) electrons. The molecule has 0 unspecified atom stereocenters. The van der Waals surface area contributed by atoms with Crippen molar-refractivity contribution in [2.24, 2.45) is 7.05 Å². The highest BCUT2D eigenvalue weighted by molar-refractivity contribution is 5.99. The number of fused-ring (bicyclic) bond motifs is 2. The molecule has 2 atom stereocenters. The molecule has 8 rings (SSSR count). The van der Waals surface area contributed by atoms with Crippen molar-refractivity contribution in [3.63, 3.8) is 0 Å². The first kappa shape index (κ1) is 42.1. The Bertz CT molecular complexity index is 2430. The molecule has 6 amide bonds. The van der Waals surface area contributed by atoms with Crippen LogP contribution in [0.4, 0.5) is 15.3 Å². The Morgan fingerprint density at radius 3 is 2.31 bits per heavy atom. The summed E-state index contributed by atoms with van der Waals surface area (Å²) in [6.45, 7) is 6.09. The fourth-order valence-corrected chi connectivity index (χ4v) is 9.19. The zero-order valence-electron chi connectivity index (χ0n) is 35.6. The van der Waals surface area contributed by atoms with Crippen LogP contribution >= 0.6 is 0 Å². The predicted octanol–water partition coefficient (Wildman–Crippen LogP) is 5.85. The van der Waals surface area contributed by atoms with Crippen molar-refractivity contribution >= 4 is 40.5 Å². The van der Waals surface area contributed by atoms with E-state index < -0.39 is 12.2 Å². The number of aromatic nitrogens is 1. The number of piperidine rings is 1. The molecule has 0 saturated carbocycles. The Morgan fingerprint density at radius 2 is 1.61 bits per heavy atom. The Morgan fingerprint density at radius 1 is 0.887 bits per heavy atom. The SMILES string of the molecule is C=CCN1CC(=O)N2[C@@H](Cc3ccc(O)cc3)C(=O)N(Cc3cccc4c(-c5ccc(NC(=O)N6CCC(N(C)C)CC6)cc5)cn(C)c34)C[C@@H]2N1C(=O)NCc1ccccc1. The van der Waals surface area contributed by atoms with Crippen molar-refractivity contribution in [3.8, 4) is 16.9 Å². The second kappa shape index (κ2) is 18.1. The molecule has 0 bridgehead atoms. The largest absolute Gasteiger partial charge is 0.508 e. The average molecular weight is 838 g/mol. The molecule has 1 aromatic heterocycles. The summed E-state index contributed by atoms with van der Waals surface area (Å²) in [7, 11) is 6.16. The number of rotatable bonds is 11. The highest BCUT2D eigenvalue weighted by atomic mass is 16.3. The number of phenols is 1. The molecule has 3 fully saturated rings. The Balaban J connectivity index is 1.07. The minimum Gasteiger partial charge on any atom is -0.508 e. The maximum Gasteiger partial charge on any atom is 0.334 e. The summed E-state index contributed by atoms with van der Waals surface area (Å²) in [5.41, 5.74) is 6.28. The summed E-state index contributed by atoms with van der Waals surface area (Å²) in [5.74, 6) is -0.386. The third-order valence-electron chi connectivity index (χ3n) is 12.4. The van der Waals surface area contributed by atoms with Gasteiger partial charge < -0.3 is 39.9 Å². The van der Waals surface area contributed by atoms with Crippen molar-refractivity contribution in [1.29, 1.82) is 0 Å². The lowest BCUT2D eigenvalue weighted by atomic mass is 9.97. The van der Waals surface area contributed by atoms with Gasteiger partial charge in [0.05, 0.1) is 18.6 Å². The number of likely N-dealkylation sites (tertiary alicyclic amines) is 1. The fourth-order valence-electron chi connectivity index (χ4n) is 9.19. The maximum atomic E-state index is 14.8. The molecular weight excluding hydrogens is 783 g/mol. The van der Waals surface area contributed by atoms with Gasteiger partial charge in [-0.05, 0) is 73.5 Å². The number of hydrogen-bond donors (Lipinski definition) is 3. The number of nitrogens with one attached hydrogen (secondary N) is 2. The fraction of sp³-hybridized carbons (Fsp3) is 0.333. The monoisotopic (exact) mass is 837 g/mol. The van der Waals surface area contributed by atoms with E-state index in [1.165, 1.54) is 0 Å². The van der Waals surface area contributed by atoms with Gasteiger partial charge in [0.25, 0.3) is 0 Å². The minimum atomic E-state index is -0.909. The number of urea groups is 2. The van der Waals surface area contributed by atoms with Gasteiger partial charge >= 0.3 is 12.1 Å². The lowest BCUT2D eigenvalue weighted by Crippen LogP contribution is -2.76. The zero-order valence-corrected chi connectivity index (χ0v) is 35.6.